The summed E-state index contributed by atoms with van der Waals surface area (Å²) in [6.45, 7) is 7.09. The smallest absolute Gasteiger partial charge is 0.331 e. The summed E-state index contributed by atoms with van der Waals surface area (Å²) >= 11 is 0. The van der Waals surface area contributed by atoms with Gasteiger partial charge in [0.15, 0.2) is 0 Å². The second-order valence-corrected chi connectivity index (χ2v) is 11.1. The van der Waals surface area contributed by atoms with E-state index in [0.29, 0.717) is 5.92 Å². The van der Waals surface area contributed by atoms with E-state index in [1.165, 1.54) is 11.1 Å². The third-order valence-electron chi connectivity index (χ3n) is 9.30. The predicted molar refractivity (Wildman–Crippen MR) is 145 cm³/mol. The average molecular weight is 481 g/mol. The molecule has 0 amide bonds. The molecule has 0 N–H and O–H groups in total. The minimum Gasteiger partial charge on any atom is -0.496 e. The minimum absolute atomic E-state index is 0.0663. The van der Waals surface area contributed by atoms with Gasteiger partial charge in [0.1, 0.15) is 11.9 Å². The fraction of sp³-hybridized carbons (Fsp3) is 0.364. The number of ether oxygens (including phenoxy) is 2. The van der Waals surface area contributed by atoms with E-state index in [0.717, 1.165) is 24.2 Å². The second kappa shape index (κ2) is 9.61. The molecular formula is C33H36O3. The standard InChI is InChI=1S/C33H36O3/c1-32(2)26-21-22-33(32,3)31(36-28(34)20-19-23-13-11-12-18-27(23)35-4)30(26)29(24-14-7-5-8-15-24)25-16-9-6-10-17-25/h5-20,26,29-31H,21-22H2,1-4H3/b20-19+/t26-,30+,31-,33+/m1/s1. The lowest BCUT2D eigenvalue weighted by Gasteiger charge is -2.41. The molecular weight excluding hydrogens is 444 g/mol. The Morgan fingerprint density at radius 2 is 1.47 bits per heavy atom. The van der Waals surface area contributed by atoms with Gasteiger partial charge in [-0.25, -0.2) is 4.79 Å². The summed E-state index contributed by atoms with van der Waals surface area (Å²) in [4.78, 5) is 13.3. The van der Waals surface area contributed by atoms with E-state index in [-0.39, 0.29) is 34.7 Å². The highest BCUT2D eigenvalue weighted by atomic mass is 16.5. The van der Waals surface area contributed by atoms with Crippen LogP contribution < -0.4 is 4.74 Å². The monoisotopic (exact) mass is 480 g/mol. The molecule has 0 aromatic heterocycles. The van der Waals surface area contributed by atoms with Crippen molar-refractivity contribution in [3.63, 3.8) is 0 Å². The first-order valence-electron chi connectivity index (χ1n) is 13.0. The summed E-state index contributed by atoms with van der Waals surface area (Å²) in [6, 6.07) is 29.2. The molecule has 0 radical (unpaired) electrons. The molecule has 3 aromatic carbocycles. The average Bonchev–Trinajstić information content (AvgIpc) is 3.22. The number of carbonyl (C=O) groups excluding carboxylic acids is 1. The zero-order valence-electron chi connectivity index (χ0n) is 21.7. The van der Waals surface area contributed by atoms with Gasteiger partial charge in [0.25, 0.3) is 0 Å². The topological polar surface area (TPSA) is 35.5 Å². The van der Waals surface area contributed by atoms with Gasteiger partial charge in [0.05, 0.1) is 7.11 Å². The van der Waals surface area contributed by atoms with E-state index in [1.54, 1.807) is 19.3 Å². The number of benzene rings is 3. The molecule has 4 atom stereocenters. The van der Waals surface area contributed by atoms with Crippen molar-refractivity contribution in [2.75, 3.05) is 7.11 Å². The van der Waals surface area contributed by atoms with Gasteiger partial charge in [-0.15, -0.1) is 0 Å². The molecule has 0 heterocycles. The quantitative estimate of drug-likeness (QED) is 0.259. The van der Waals surface area contributed by atoms with E-state index in [2.05, 4.69) is 81.4 Å². The van der Waals surface area contributed by atoms with E-state index < -0.39 is 0 Å². The maximum Gasteiger partial charge on any atom is 0.331 e. The number of esters is 1. The van der Waals surface area contributed by atoms with E-state index in [9.17, 15) is 4.79 Å². The van der Waals surface area contributed by atoms with Crippen molar-refractivity contribution in [2.24, 2.45) is 22.7 Å². The summed E-state index contributed by atoms with van der Waals surface area (Å²) in [7, 11) is 1.64. The molecule has 2 aliphatic rings. The SMILES string of the molecule is COc1ccccc1/C=C/C(=O)O[C@@H]1[C@H](C(c2ccccc2)c2ccccc2)[C@H]2CC[C@]1(C)C2(C)C. The maximum atomic E-state index is 13.3. The number of hydrogen-bond donors (Lipinski definition) is 0. The first-order chi connectivity index (χ1) is 17.4. The fourth-order valence-electron chi connectivity index (χ4n) is 7.08. The molecule has 2 saturated carbocycles. The first kappa shape index (κ1) is 24.4. The van der Waals surface area contributed by atoms with Crippen LogP contribution in [0.15, 0.2) is 91.0 Å². The summed E-state index contributed by atoms with van der Waals surface area (Å²) in [5.74, 6) is 1.27. The van der Waals surface area contributed by atoms with Crippen LogP contribution in [-0.4, -0.2) is 19.2 Å². The summed E-state index contributed by atoms with van der Waals surface area (Å²) in [6.07, 6.45) is 5.41. The molecule has 5 rings (SSSR count). The van der Waals surface area contributed by atoms with E-state index in [1.807, 2.05) is 24.3 Å². The van der Waals surface area contributed by atoms with Gasteiger partial charge in [-0.1, -0.05) is 99.6 Å². The first-order valence-corrected chi connectivity index (χ1v) is 13.0. The van der Waals surface area contributed by atoms with Crippen molar-refractivity contribution in [2.45, 2.75) is 45.6 Å². The van der Waals surface area contributed by atoms with Crippen molar-refractivity contribution >= 4 is 12.0 Å². The lowest BCUT2D eigenvalue weighted by molar-refractivity contribution is -0.154. The lowest BCUT2D eigenvalue weighted by Crippen LogP contribution is -2.42. The molecule has 0 aliphatic heterocycles. The van der Waals surface area contributed by atoms with Gasteiger partial charge in [0.2, 0.25) is 0 Å². The Morgan fingerprint density at radius 1 is 0.889 bits per heavy atom. The van der Waals surface area contributed by atoms with Gasteiger partial charge in [-0.05, 0) is 47.4 Å². The van der Waals surface area contributed by atoms with Crippen LogP contribution in [0.25, 0.3) is 6.08 Å². The largest absolute Gasteiger partial charge is 0.496 e. The molecule has 3 aromatic rings. The number of hydrogen-bond acceptors (Lipinski definition) is 3. The molecule has 2 bridgehead atoms. The van der Waals surface area contributed by atoms with Crippen molar-refractivity contribution in [1.29, 1.82) is 0 Å². The molecule has 2 aliphatic carbocycles. The Kier molecular flexibility index (Phi) is 6.51. The van der Waals surface area contributed by atoms with Crippen LogP contribution in [-0.2, 0) is 9.53 Å². The molecule has 2 fully saturated rings. The van der Waals surface area contributed by atoms with Gasteiger partial charge in [0, 0.05) is 28.9 Å². The minimum atomic E-state index is -0.291. The summed E-state index contributed by atoms with van der Waals surface area (Å²) in [5, 5.41) is 0. The lowest BCUT2D eigenvalue weighted by atomic mass is 9.68. The van der Waals surface area contributed by atoms with Gasteiger partial charge >= 0.3 is 5.97 Å². The Hall–Kier alpha value is -3.33. The van der Waals surface area contributed by atoms with Gasteiger partial charge in [-0.2, -0.15) is 0 Å². The molecule has 0 unspecified atom stereocenters. The Balaban J connectivity index is 1.52. The van der Waals surface area contributed by atoms with E-state index >= 15 is 0 Å². The highest BCUT2D eigenvalue weighted by Crippen LogP contribution is 2.71. The number of rotatable bonds is 7. The second-order valence-electron chi connectivity index (χ2n) is 11.1. The zero-order valence-corrected chi connectivity index (χ0v) is 21.7. The third-order valence-corrected chi connectivity index (χ3v) is 9.30. The molecule has 3 nitrogen and oxygen atoms in total. The number of fused-ring (bicyclic) bond motifs is 2. The van der Waals surface area contributed by atoms with Crippen LogP contribution >= 0.6 is 0 Å². The Bertz CT molecular complexity index is 1190. The molecule has 186 valence electrons. The van der Waals surface area contributed by atoms with Crippen LogP contribution in [0.3, 0.4) is 0 Å². The summed E-state index contributed by atoms with van der Waals surface area (Å²) in [5.41, 5.74) is 3.41. The molecule has 36 heavy (non-hydrogen) atoms. The zero-order chi connectivity index (χ0) is 25.3. The molecule has 0 spiro atoms. The fourth-order valence-corrected chi connectivity index (χ4v) is 7.08. The Morgan fingerprint density at radius 3 is 2.08 bits per heavy atom. The van der Waals surface area contributed by atoms with E-state index in [4.69, 9.17) is 9.47 Å². The van der Waals surface area contributed by atoms with Crippen LogP contribution in [0, 0.1) is 22.7 Å². The third kappa shape index (κ3) is 4.05. The van der Waals surface area contributed by atoms with Crippen LogP contribution in [0.5, 0.6) is 5.75 Å². The van der Waals surface area contributed by atoms with Crippen LogP contribution in [0.1, 0.15) is 56.2 Å². The maximum absolute atomic E-state index is 13.3. The highest BCUT2D eigenvalue weighted by molar-refractivity contribution is 5.87. The molecule has 3 heteroatoms. The van der Waals surface area contributed by atoms with Gasteiger partial charge in [-0.3, -0.25) is 0 Å². The number of carbonyl (C=O) groups is 1. The van der Waals surface area contributed by atoms with Crippen molar-refractivity contribution in [1.82, 2.24) is 0 Å². The predicted octanol–water partition coefficient (Wildman–Crippen LogP) is 7.52. The number of methoxy groups -OCH3 is 1. The van der Waals surface area contributed by atoms with Crippen LogP contribution in [0.4, 0.5) is 0 Å². The Labute approximate surface area is 215 Å². The van der Waals surface area contributed by atoms with Crippen molar-refractivity contribution in [3.8, 4) is 5.75 Å². The summed E-state index contributed by atoms with van der Waals surface area (Å²) < 4.78 is 11.9. The highest BCUT2D eigenvalue weighted by Gasteiger charge is 2.69. The van der Waals surface area contributed by atoms with Crippen molar-refractivity contribution < 1.29 is 14.3 Å². The van der Waals surface area contributed by atoms with Crippen molar-refractivity contribution in [3.05, 3.63) is 108 Å². The van der Waals surface area contributed by atoms with Crippen LogP contribution in [0.2, 0.25) is 0 Å². The number of para-hydroxylation sites is 1. The normalized spacial score (nSPS) is 26.4. The van der Waals surface area contributed by atoms with Gasteiger partial charge < -0.3 is 9.47 Å². The molecule has 0 saturated heterocycles.